The lowest BCUT2D eigenvalue weighted by atomic mass is 10.0. The maximum Gasteiger partial charge on any atom is 0.237 e. The van der Waals surface area contributed by atoms with E-state index in [9.17, 15) is 9.59 Å². The summed E-state index contributed by atoms with van der Waals surface area (Å²) < 4.78 is 0. The van der Waals surface area contributed by atoms with Crippen molar-refractivity contribution in [2.24, 2.45) is 11.7 Å². The third-order valence-corrected chi connectivity index (χ3v) is 4.13. The molecule has 19 heavy (non-hydrogen) atoms. The Morgan fingerprint density at radius 2 is 2.00 bits per heavy atom. The Bertz CT molecular complexity index is 340. The summed E-state index contributed by atoms with van der Waals surface area (Å²) in [7, 11) is 0. The molecule has 0 spiro atoms. The number of nitrogens with one attached hydrogen (secondary N) is 2. The molecule has 2 aliphatic rings. The van der Waals surface area contributed by atoms with Gasteiger partial charge in [-0.15, -0.1) is 0 Å². The summed E-state index contributed by atoms with van der Waals surface area (Å²) >= 11 is 0. The first-order valence-corrected chi connectivity index (χ1v) is 7.10. The number of hydrogen-bond acceptors (Lipinski definition) is 4. The highest BCUT2D eigenvalue weighted by Gasteiger charge is 2.31. The van der Waals surface area contributed by atoms with Crippen LogP contribution in [-0.2, 0) is 9.59 Å². The first-order chi connectivity index (χ1) is 9.06. The predicted molar refractivity (Wildman–Crippen MR) is 72.4 cm³/mol. The molecule has 2 heterocycles. The zero-order valence-electron chi connectivity index (χ0n) is 11.5. The lowest BCUT2D eigenvalue weighted by molar-refractivity contribution is -0.125. The number of nitrogens with two attached hydrogens (primary N) is 1. The van der Waals surface area contributed by atoms with Crippen molar-refractivity contribution in [1.82, 2.24) is 15.5 Å². The molecule has 0 aromatic carbocycles. The van der Waals surface area contributed by atoms with Crippen LogP contribution in [0.3, 0.4) is 0 Å². The fourth-order valence-corrected chi connectivity index (χ4v) is 2.93. The van der Waals surface area contributed by atoms with Crippen molar-refractivity contribution >= 4 is 11.8 Å². The molecule has 0 aromatic rings. The van der Waals surface area contributed by atoms with Crippen LogP contribution < -0.4 is 16.4 Å². The third-order valence-electron chi connectivity index (χ3n) is 4.13. The molecule has 6 heteroatoms. The average molecular weight is 268 g/mol. The molecule has 0 aliphatic carbocycles. The zero-order chi connectivity index (χ0) is 13.8. The quantitative estimate of drug-likeness (QED) is 0.613. The summed E-state index contributed by atoms with van der Waals surface area (Å²) in [6.45, 7) is 5.00. The largest absolute Gasteiger partial charge is 0.369 e. The van der Waals surface area contributed by atoms with Gasteiger partial charge in [-0.05, 0) is 31.7 Å². The van der Waals surface area contributed by atoms with Gasteiger partial charge in [0.15, 0.2) is 0 Å². The summed E-state index contributed by atoms with van der Waals surface area (Å²) in [6, 6.07) is 0.190. The van der Waals surface area contributed by atoms with Crippen LogP contribution in [0.2, 0.25) is 0 Å². The molecular formula is C13H24N4O2. The molecule has 108 valence electrons. The van der Waals surface area contributed by atoms with Gasteiger partial charge in [-0.1, -0.05) is 6.92 Å². The number of rotatable bonds is 4. The molecule has 6 nitrogen and oxygen atoms in total. The van der Waals surface area contributed by atoms with E-state index in [-0.39, 0.29) is 23.9 Å². The Morgan fingerprint density at radius 3 is 2.53 bits per heavy atom. The summed E-state index contributed by atoms with van der Waals surface area (Å²) in [5.74, 6) is 0.250. The first-order valence-electron chi connectivity index (χ1n) is 7.10. The molecule has 2 amide bonds. The van der Waals surface area contributed by atoms with Crippen molar-refractivity contribution in [3.05, 3.63) is 0 Å². The SMILES string of the molecule is CC1CCNC1C(=O)NC1CCN(CC(N)=O)CC1. The van der Waals surface area contributed by atoms with Gasteiger partial charge in [0.05, 0.1) is 12.6 Å². The molecule has 4 N–H and O–H groups in total. The Morgan fingerprint density at radius 1 is 1.32 bits per heavy atom. The van der Waals surface area contributed by atoms with Crippen LogP contribution in [0.4, 0.5) is 0 Å². The van der Waals surface area contributed by atoms with Gasteiger partial charge in [0.25, 0.3) is 0 Å². The van der Waals surface area contributed by atoms with E-state index in [2.05, 4.69) is 17.6 Å². The molecule has 2 fully saturated rings. The van der Waals surface area contributed by atoms with E-state index >= 15 is 0 Å². The standard InChI is InChI=1S/C13H24N4O2/c1-9-2-5-15-12(9)13(19)16-10-3-6-17(7-4-10)8-11(14)18/h9-10,12,15H,2-8H2,1H3,(H2,14,18)(H,16,19). The summed E-state index contributed by atoms with van der Waals surface area (Å²) in [5, 5.41) is 6.37. The second-order valence-electron chi connectivity index (χ2n) is 5.72. The number of carbonyl (C=O) groups excluding carboxylic acids is 2. The third kappa shape index (κ3) is 3.91. The van der Waals surface area contributed by atoms with Crippen molar-refractivity contribution in [2.75, 3.05) is 26.2 Å². The minimum absolute atomic E-state index is 0.0383. The minimum Gasteiger partial charge on any atom is -0.369 e. The normalized spacial score (nSPS) is 29.3. The van der Waals surface area contributed by atoms with E-state index in [0.717, 1.165) is 38.9 Å². The highest BCUT2D eigenvalue weighted by atomic mass is 16.2. The fourth-order valence-electron chi connectivity index (χ4n) is 2.93. The van der Waals surface area contributed by atoms with Crippen molar-refractivity contribution in [2.45, 2.75) is 38.3 Å². The maximum atomic E-state index is 12.1. The molecule has 0 aromatic heterocycles. The van der Waals surface area contributed by atoms with Gasteiger partial charge in [-0.3, -0.25) is 14.5 Å². The van der Waals surface area contributed by atoms with Gasteiger partial charge in [-0.2, -0.15) is 0 Å². The number of piperidine rings is 1. The number of primary amides is 1. The van der Waals surface area contributed by atoms with Crippen LogP contribution in [0.5, 0.6) is 0 Å². The number of hydrogen-bond donors (Lipinski definition) is 3. The molecule has 0 radical (unpaired) electrons. The molecule has 2 atom stereocenters. The van der Waals surface area contributed by atoms with Gasteiger partial charge in [0.2, 0.25) is 11.8 Å². The Labute approximate surface area is 114 Å². The van der Waals surface area contributed by atoms with E-state index < -0.39 is 0 Å². The van der Waals surface area contributed by atoms with E-state index in [0.29, 0.717) is 12.5 Å². The molecule has 2 saturated heterocycles. The minimum atomic E-state index is -0.286. The number of nitrogens with zero attached hydrogens (tertiary/aromatic N) is 1. The molecule has 2 aliphatic heterocycles. The summed E-state index contributed by atoms with van der Waals surface area (Å²) in [5.41, 5.74) is 5.18. The first kappa shape index (κ1) is 14.3. The van der Waals surface area contributed by atoms with Gasteiger partial charge < -0.3 is 16.4 Å². The number of carbonyl (C=O) groups is 2. The number of amides is 2. The monoisotopic (exact) mass is 268 g/mol. The second kappa shape index (κ2) is 6.34. The van der Waals surface area contributed by atoms with Crippen LogP contribution in [0.25, 0.3) is 0 Å². The van der Waals surface area contributed by atoms with E-state index in [1.165, 1.54) is 0 Å². The lowest BCUT2D eigenvalue weighted by Gasteiger charge is -2.32. The van der Waals surface area contributed by atoms with Crippen molar-refractivity contribution < 1.29 is 9.59 Å². The van der Waals surface area contributed by atoms with E-state index in [1.54, 1.807) is 0 Å². The zero-order valence-corrected chi connectivity index (χ0v) is 11.5. The summed E-state index contributed by atoms with van der Waals surface area (Å²) in [6.07, 6.45) is 2.84. The van der Waals surface area contributed by atoms with Crippen LogP contribution in [0.15, 0.2) is 0 Å². The average Bonchev–Trinajstić information content (AvgIpc) is 2.77. The van der Waals surface area contributed by atoms with Crippen molar-refractivity contribution in [3.63, 3.8) is 0 Å². The Hall–Kier alpha value is -1.14. The van der Waals surface area contributed by atoms with Crippen LogP contribution in [0.1, 0.15) is 26.2 Å². The van der Waals surface area contributed by atoms with Crippen LogP contribution in [0, 0.1) is 5.92 Å². The van der Waals surface area contributed by atoms with E-state index in [1.807, 2.05) is 4.90 Å². The highest BCUT2D eigenvalue weighted by Crippen LogP contribution is 2.16. The Kier molecular flexibility index (Phi) is 4.76. The van der Waals surface area contributed by atoms with Gasteiger partial charge >= 0.3 is 0 Å². The van der Waals surface area contributed by atoms with Gasteiger partial charge in [-0.25, -0.2) is 0 Å². The fraction of sp³-hybridized carbons (Fsp3) is 0.846. The molecule has 2 rings (SSSR count). The molecule has 2 unspecified atom stereocenters. The molecular weight excluding hydrogens is 244 g/mol. The smallest absolute Gasteiger partial charge is 0.237 e. The number of likely N-dealkylation sites (tertiary alicyclic amines) is 1. The van der Waals surface area contributed by atoms with Crippen molar-refractivity contribution in [1.29, 1.82) is 0 Å². The topological polar surface area (TPSA) is 87.5 Å². The maximum absolute atomic E-state index is 12.1. The van der Waals surface area contributed by atoms with Crippen LogP contribution in [-0.4, -0.2) is 55.0 Å². The highest BCUT2D eigenvalue weighted by molar-refractivity contribution is 5.82. The summed E-state index contributed by atoms with van der Waals surface area (Å²) in [4.78, 5) is 25.0. The lowest BCUT2D eigenvalue weighted by Crippen LogP contribution is -2.51. The Balaban J connectivity index is 1.73. The van der Waals surface area contributed by atoms with Gasteiger partial charge in [0.1, 0.15) is 0 Å². The molecule has 0 saturated carbocycles. The molecule has 0 bridgehead atoms. The second-order valence-corrected chi connectivity index (χ2v) is 5.72. The van der Waals surface area contributed by atoms with Gasteiger partial charge in [0, 0.05) is 19.1 Å². The van der Waals surface area contributed by atoms with E-state index in [4.69, 9.17) is 5.73 Å². The van der Waals surface area contributed by atoms with Crippen LogP contribution >= 0.6 is 0 Å². The predicted octanol–water partition coefficient (Wildman–Crippen LogP) is -0.950. The van der Waals surface area contributed by atoms with Crippen molar-refractivity contribution in [3.8, 4) is 0 Å².